The van der Waals surface area contributed by atoms with Crippen molar-refractivity contribution in [3.63, 3.8) is 0 Å². The third kappa shape index (κ3) is 13.9. The first-order chi connectivity index (χ1) is 10.5. The summed E-state index contributed by atoms with van der Waals surface area (Å²) >= 11 is 0. The molecule has 0 bridgehead atoms. The monoisotopic (exact) mass is 304 g/mol. The maximum atomic E-state index is 10.9. The second-order valence-electron chi connectivity index (χ2n) is 6.57. The normalized spacial score (nSPS) is 13.6. The van der Waals surface area contributed by atoms with Crippen LogP contribution in [0.1, 0.15) is 92.4 Å². The van der Waals surface area contributed by atoms with Gasteiger partial charge in [0.2, 0.25) is 0 Å². The molecule has 0 aromatic carbocycles. The molecule has 0 aliphatic carbocycles. The number of hydrogen-bond donors (Lipinski definition) is 0. The summed E-state index contributed by atoms with van der Waals surface area (Å²) in [5, 5.41) is 0. The van der Waals surface area contributed by atoms with Crippen molar-refractivity contribution < 1.29 is 4.79 Å². The smallest absolute Gasteiger partial charge is 0.130 e. The lowest BCUT2D eigenvalue weighted by molar-refractivity contribution is -0.116. The van der Waals surface area contributed by atoms with Crippen LogP contribution < -0.4 is 0 Å². The number of ketones is 1. The predicted molar refractivity (Wildman–Crippen MR) is 99.2 cm³/mol. The molecule has 0 amide bonds. The van der Waals surface area contributed by atoms with E-state index in [0.29, 0.717) is 6.42 Å². The minimum Gasteiger partial charge on any atom is -0.300 e. The van der Waals surface area contributed by atoms with Crippen molar-refractivity contribution in [3.8, 4) is 0 Å². The number of rotatable bonds is 12. The predicted octanol–water partition coefficient (Wildman–Crippen LogP) is 6.95. The highest BCUT2D eigenvalue weighted by Crippen LogP contribution is 2.13. The van der Waals surface area contributed by atoms with Gasteiger partial charge in [0.15, 0.2) is 0 Å². The summed E-state index contributed by atoms with van der Waals surface area (Å²) in [5.74, 6) is 0.280. The van der Waals surface area contributed by atoms with E-state index in [9.17, 15) is 4.79 Å². The molecule has 0 radical (unpaired) electrons. The van der Waals surface area contributed by atoms with E-state index in [1.807, 2.05) is 0 Å². The Morgan fingerprint density at radius 1 is 0.682 bits per heavy atom. The Hall–Kier alpha value is -1.11. The standard InChI is InChI=1S/C21H36O/c1-6-7-11-18(2)12-8-13-19(3)14-9-15-20(4)16-10-17-21(5)22/h12,14,16H,6-11,13,15,17H2,1-5H3/b18-12+,19-14+,20-16+. The number of carbonyl (C=O) groups is 1. The lowest BCUT2D eigenvalue weighted by atomic mass is 10.0. The Morgan fingerprint density at radius 3 is 1.50 bits per heavy atom. The first-order valence-corrected chi connectivity index (χ1v) is 8.92. The summed E-state index contributed by atoms with van der Waals surface area (Å²) in [6.07, 6.45) is 17.0. The van der Waals surface area contributed by atoms with Crippen LogP contribution in [-0.2, 0) is 4.79 Å². The Balaban J connectivity index is 3.91. The summed E-state index contributed by atoms with van der Waals surface area (Å²) in [4.78, 5) is 10.9. The second-order valence-corrected chi connectivity index (χ2v) is 6.57. The van der Waals surface area contributed by atoms with Crippen LogP contribution in [0.5, 0.6) is 0 Å². The molecule has 0 saturated carbocycles. The Morgan fingerprint density at radius 2 is 1.09 bits per heavy atom. The van der Waals surface area contributed by atoms with Crippen molar-refractivity contribution >= 4 is 5.78 Å². The number of Topliss-reactive ketones (excluding diaryl/α,β-unsaturated/α-hetero) is 1. The average molecular weight is 305 g/mol. The summed E-state index contributed by atoms with van der Waals surface area (Å²) in [7, 11) is 0. The minimum atomic E-state index is 0.280. The van der Waals surface area contributed by atoms with E-state index in [2.05, 4.69) is 45.9 Å². The van der Waals surface area contributed by atoms with E-state index in [4.69, 9.17) is 0 Å². The van der Waals surface area contributed by atoms with Gasteiger partial charge in [0.05, 0.1) is 0 Å². The Bertz CT molecular complexity index is 396. The molecule has 0 atom stereocenters. The second kappa shape index (κ2) is 13.5. The molecule has 126 valence electrons. The van der Waals surface area contributed by atoms with Gasteiger partial charge in [-0.1, -0.05) is 48.3 Å². The number of allylic oxidation sites excluding steroid dienone is 6. The number of carbonyl (C=O) groups excluding carboxylic acids is 1. The van der Waals surface area contributed by atoms with Crippen LogP contribution in [0.15, 0.2) is 34.9 Å². The van der Waals surface area contributed by atoms with E-state index >= 15 is 0 Å². The van der Waals surface area contributed by atoms with Crippen molar-refractivity contribution in [1.29, 1.82) is 0 Å². The van der Waals surface area contributed by atoms with Crippen LogP contribution in [0.2, 0.25) is 0 Å². The number of unbranched alkanes of at least 4 members (excludes halogenated alkanes) is 1. The molecule has 0 unspecified atom stereocenters. The fraction of sp³-hybridized carbons (Fsp3) is 0.667. The zero-order valence-corrected chi connectivity index (χ0v) is 15.5. The van der Waals surface area contributed by atoms with Gasteiger partial charge < -0.3 is 4.79 Å². The molecule has 0 aromatic rings. The van der Waals surface area contributed by atoms with Gasteiger partial charge in [0.25, 0.3) is 0 Å². The van der Waals surface area contributed by atoms with Gasteiger partial charge in [0, 0.05) is 6.42 Å². The molecule has 0 N–H and O–H groups in total. The van der Waals surface area contributed by atoms with Crippen molar-refractivity contribution in [2.45, 2.75) is 92.4 Å². The van der Waals surface area contributed by atoms with Crippen molar-refractivity contribution in [2.24, 2.45) is 0 Å². The summed E-state index contributed by atoms with van der Waals surface area (Å²) in [6, 6.07) is 0. The Kier molecular flexibility index (Phi) is 12.9. The lowest BCUT2D eigenvalue weighted by Crippen LogP contribution is -1.87. The van der Waals surface area contributed by atoms with Crippen molar-refractivity contribution in [3.05, 3.63) is 34.9 Å². The third-order valence-electron chi connectivity index (χ3n) is 3.98. The number of hydrogen-bond acceptors (Lipinski definition) is 1. The zero-order valence-electron chi connectivity index (χ0n) is 15.5. The summed E-state index contributed by atoms with van der Waals surface area (Å²) in [6.45, 7) is 10.6. The molecule has 0 fully saturated rings. The maximum absolute atomic E-state index is 10.9. The molecule has 1 nitrogen and oxygen atoms in total. The fourth-order valence-corrected chi connectivity index (χ4v) is 2.38. The molecule has 0 saturated heterocycles. The van der Waals surface area contributed by atoms with Crippen LogP contribution in [0.3, 0.4) is 0 Å². The van der Waals surface area contributed by atoms with Gasteiger partial charge in [-0.15, -0.1) is 0 Å². The van der Waals surface area contributed by atoms with E-state index in [1.165, 1.54) is 43.3 Å². The van der Waals surface area contributed by atoms with Gasteiger partial charge in [0.1, 0.15) is 5.78 Å². The average Bonchev–Trinajstić information content (AvgIpc) is 2.44. The molecular formula is C21H36O. The largest absolute Gasteiger partial charge is 0.300 e. The lowest BCUT2D eigenvalue weighted by Gasteiger charge is -2.02. The first kappa shape index (κ1) is 20.9. The van der Waals surface area contributed by atoms with Crippen LogP contribution in [0.25, 0.3) is 0 Å². The van der Waals surface area contributed by atoms with Gasteiger partial charge in [-0.05, 0) is 72.6 Å². The van der Waals surface area contributed by atoms with Crippen LogP contribution in [0, 0.1) is 0 Å². The highest BCUT2D eigenvalue weighted by atomic mass is 16.1. The quantitative estimate of drug-likeness (QED) is 0.357. The van der Waals surface area contributed by atoms with Gasteiger partial charge >= 0.3 is 0 Å². The Labute approximate surface area is 138 Å². The topological polar surface area (TPSA) is 17.1 Å². The molecule has 0 spiro atoms. The SMILES string of the molecule is CCCC/C(C)=C/CC/C(C)=C/CC/C(C)=C/CCC(C)=O. The molecule has 0 aliphatic rings. The van der Waals surface area contributed by atoms with Gasteiger partial charge in [-0.25, -0.2) is 0 Å². The van der Waals surface area contributed by atoms with E-state index in [-0.39, 0.29) is 5.78 Å². The fourth-order valence-electron chi connectivity index (χ4n) is 2.38. The molecular weight excluding hydrogens is 268 g/mol. The highest BCUT2D eigenvalue weighted by Gasteiger charge is 1.94. The van der Waals surface area contributed by atoms with Gasteiger partial charge in [-0.3, -0.25) is 0 Å². The van der Waals surface area contributed by atoms with Crippen molar-refractivity contribution in [1.82, 2.24) is 0 Å². The summed E-state index contributed by atoms with van der Waals surface area (Å²) < 4.78 is 0. The van der Waals surface area contributed by atoms with E-state index in [1.54, 1.807) is 12.5 Å². The molecule has 22 heavy (non-hydrogen) atoms. The van der Waals surface area contributed by atoms with E-state index < -0.39 is 0 Å². The van der Waals surface area contributed by atoms with E-state index in [0.717, 1.165) is 19.3 Å². The maximum Gasteiger partial charge on any atom is 0.130 e. The molecule has 0 rings (SSSR count). The van der Waals surface area contributed by atoms with Crippen LogP contribution in [0.4, 0.5) is 0 Å². The highest BCUT2D eigenvalue weighted by molar-refractivity contribution is 5.75. The summed E-state index contributed by atoms with van der Waals surface area (Å²) in [5.41, 5.74) is 4.44. The minimum absolute atomic E-state index is 0.280. The molecule has 0 aromatic heterocycles. The van der Waals surface area contributed by atoms with Gasteiger partial charge in [-0.2, -0.15) is 0 Å². The zero-order chi connectivity index (χ0) is 16.8. The van der Waals surface area contributed by atoms with Crippen molar-refractivity contribution in [2.75, 3.05) is 0 Å². The molecule has 1 heteroatoms. The van der Waals surface area contributed by atoms with Crippen LogP contribution in [-0.4, -0.2) is 5.78 Å². The molecule has 0 heterocycles. The first-order valence-electron chi connectivity index (χ1n) is 8.92. The third-order valence-corrected chi connectivity index (χ3v) is 3.98. The van der Waals surface area contributed by atoms with Crippen LogP contribution >= 0.6 is 0 Å². The molecule has 0 aliphatic heterocycles.